The van der Waals surface area contributed by atoms with E-state index in [1.54, 1.807) is 23.9 Å². The van der Waals surface area contributed by atoms with Gasteiger partial charge in [-0.1, -0.05) is 19.1 Å². The highest BCUT2D eigenvalue weighted by atomic mass is 32.1. The summed E-state index contributed by atoms with van der Waals surface area (Å²) in [7, 11) is 0. The van der Waals surface area contributed by atoms with Gasteiger partial charge in [-0.05, 0) is 13.3 Å². The first kappa shape index (κ1) is 12.6. The molecule has 0 radical (unpaired) electrons. The van der Waals surface area contributed by atoms with Gasteiger partial charge < -0.3 is 15.6 Å². The zero-order valence-corrected chi connectivity index (χ0v) is 10.3. The van der Waals surface area contributed by atoms with Gasteiger partial charge >= 0.3 is 0 Å². The molecule has 0 aromatic carbocycles. The summed E-state index contributed by atoms with van der Waals surface area (Å²) in [4.78, 5) is 15.9. The fourth-order valence-corrected chi connectivity index (χ4v) is 1.50. The number of aromatic nitrogens is 2. The normalized spacial score (nSPS) is 12.1. The largest absolute Gasteiger partial charge is 0.387 e. The molecule has 3 N–H and O–H groups in total. The van der Waals surface area contributed by atoms with E-state index in [0.29, 0.717) is 12.4 Å². The molecule has 6 heteroatoms. The van der Waals surface area contributed by atoms with Crippen LogP contribution in [0.2, 0.25) is 0 Å². The predicted molar refractivity (Wildman–Crippen MR) is 66.1 cm³/mol. The van der Waals surface area contributed by atoms with Gasteiger partial charge in [-0.25, -0.2) is 4.98 Å². The second-order valence-electron chi connectivity index (χ2n) is 3.49. The van der Waals surface area contributed by atoms with Gasteiger partial charge in [0.1, 0.15) is 11.0 Å². The number of nitrogens with two attached hydrogens (primary N) is 1. The van der Waals surface area contributed by atoms with Crippen molar-refractivity contribution in [2.24, 2.45) is 5.73 Å². The van der Waals surface area contributed by atoms with Crippen LogP contribution in [-0.4, -0.2) is 27.0 Å². The third-order valence-electron chi connectivity index (χ3n) is 2.23. The van der Waals surface area contributed by atoms with Crippen LogP contribution in [0.25, 0.3) is 0 Å². The van der Waals surface area contributed by atoms with Crippen molar-refractivity contribution in [3.8, 4) is 0 Å². The van der Waals surface area contributed by atoms with Crippen molar-refractivity contribution in [2.75, 3.05) is 6.54 Å². The number of imidazole rings is 1. The maximum atomic E-state index is 11.7. The molecule has 0 aliphatic carbocycles. The van der Waals surface area contributed by atoms with Crippen LogP contribution in [0.15, 0.2) is 12.4 Å². The molecule has 88 valence electrons. The first-order chi connectivity index (χ1) is 7.57. The van der Waals surface area contributed by atoms with E-state index in [1.165, 1.54) is 0 Å². The number of carbonyl (C=O) groups is 1. The number of carbonyl (C=O) groups excluding carboxylic acids is 1. The quantitative estimate of drug-likeness (QED) is 0.739. The SMILES string of the molecule is CCCNC(=O)C(C)n1ccnc1C(N)=S. The molecule has 0 fully saturated rings. The molecule has 16 heavy (non-hydrogen) atoms. The van der Waals surface area contributed by atoms with Gasteiger partial charge in [0.2, 0.25) is 5.91 Å². The summed E-state index contributed by atoms with van der Waals surface area (Å²) < 4.78 is 1.67. The van der Waals surface area contributed by atoms with Gasteiger partial charge in [-0.3, -0.25) is 4.79 Å². The molecule has 1 rings (SSSR count). The molecule has 1 heterocycles. The highest BCUT2D eigenvalue weighted by molar-refractivity contribution is 7.80. The standard InChI is InChI=1S/C10H16N4OS/c1-3-4-13-10(15)7(2)14-6-5-12-9(14)8(11)16/h5-7H,3-4H2,1-2H3,(H2,11,16)(H,13,15). The molecule has 1 amide bonds. The van der Waals surface area contributed by atoms with E-state index in [2.05, 4.69) is 10.3 Å². The van der Waals surface area contributed by atoms with Crippen LogP contribution in [0.1, 0.15) is 32.1 Å². The first-order valence-electron chi connectivity index (χ1n) is 5.18. The number of rotatable bonds is 5. The summed E-state index contributed by atoms with van der Waals surface area (Å²) in [5.74, 6) is 0.409. The number of hydrogen-bond acceptors (Lipinski definition) is 3. The highest BCUT2D eigenvalue weighted by Gasteiger charge is 2.17. The maximum Gasteiger partial charge on any atom is 0.242 e. The van der Waals surface area contributed by atoms with Crippen LogP contribution in [0.4, 0.5) is 0 Å². The smallest absolute Gasteiger partial charge is 0.242 e. The van der Waals surface area contributed by atoms with E-state index in [-0.39, 0.29) is 16.9 Å². The van der Waals surface area contributed by atoms with E-state index >= 15 is 0 Å². The molecule has 0 bridgehead atoms. The van der Waals surface area contributed by atoms with Crippen LogP contribution in [0.5, 0.6) is 0 Å². The van der Waals surface area contributed by atoms with Crippen molar-refractivity contribution < 1.29 is 4.79 Å². The summed E-state index contributed by atoms with van der Waals surface area (Å²) in [5, 5.41) is 2.81. The lowest BCUT2D eigenvalue weighted by Crippen LogP contribution is -2.33. The van der Waals surface area contributed by atoms with Gasteiger partial charge in [-0.15, -0.1) is 0 Å². The van der Waals surface area contributed by atoms with E-state index < -0.39 is 0 Å². The maximum absolute atomic E-state index is 11.7. The lowest BCUT2D eigenvalue weighted by atomic mass is 10.3. The third-order valence-corrected chi connectivity index (χ3v) is 2.42. The number of thiocarbonyl (C=S) groups is 1. The molecule has 5 nitrogen and oxygen atoms in total. The minimum Gasteiger partial charge on any atom is -0.387 e. The molecule has 1 aromatic rings. The van der Waals surface area contributed by atoms with Gasteiger partial charge in [0, 0.05) is 18.9 Å². The van der Waals surface area contributed by atoms with Crippen LogP contribution >= 0.6 is 12.2 Å². The Bertz CT molecular complexity index is 388. The summed E-state index contributed by atoms with van der Waals surface area (Å²) in [6.07, 6.45) is 4.19. The molecule has 1 atom stereocenters. The van der Waals surface area contributed by atoms with Crippen LogP contribution < -0.4 is 11.1 Å². The van der Waals surface area contributed by atoms with Crippen LogP contribution in [0.3, 0.4) is 0 Å². The first-order valence-corrected chi connectivity index (χ1v) is 5.59. The van der Waals surface area contributed by atoms with Crippen molar-refractivity contribution in [2.45, 2.75) is 26.3 Å². The second-order valence-corrected chi connectivity index (χ2v) is 3.93. The van der Waals surface area contributed by atoms with E-state index in [1.807, 2.05) is 6.92 Å². The van der Waals surface area contributed by atoms with Crippen molar-refractivity contribution in [3.05, 3.63) is 18.2 Å². The molecule has 0 spiro atoms. The molecule has 0 saturated carbocycles. The van der Waals surface area contributed by atoms with E-state index in [4.69, 9.17) is 18.0 Å². The Morgan fingerprint density at radius 3 is 3.00 bits per heavy atom. The monoisotopic (exact) mass is 240 g/mol. The number of amides is 1. The fraction of sp³-hybridized carbons (Fsp3) is 0.500. The van der Waals surface area contributed by atoms with Gasteiger partial charge in [0.05, 0.1) is 0 Å². The Morgan fingerprint density at radius 2 is 2.44 bits per heavy atom. The van der Waals surface area contributed by atoms with Crippen LogP contribution in [-0.2, 0) is 4.79 Å². The Hall–Kier alpha value is -1.43. The fourth-order valence-electron chi connectivity index (χ4n) is 1.34. The zero-order valence-electron chi connectivity index (χ0n) is 9.43. The lowest BCUT2D eigenvalue weighted by molar-refractivity contribution is -0.123. The number of hydrogen-bond donors (Lipinski definition) is 2. The topological polar surface area (TPSA) is 72.9 Å². The molecule has 1 unspecified atom stereocenters. The average Bonchev–Trinajstić information content (AvgIpc) is 2.73. The summed E-state index contributed by atoms with van der Waals surface area (Å²) >= 11 is 4.86. The zero-order chi connectivity index (χ0) is 12.1. The molecule has 0 saturated heterocycles. The molecule has 0 aliphatic rings. The minimum absolute atomic E-state index is 0.0580. The Morgan fingerprint density at radius 1 is 1.75 bits per heavy atom. The lowest BCUT2D eigenvalue weighted by Gasteiger charge is -2.15. The Kier molecular flexibility index (Phi) is 4.42. The van der Waals surface area contributed by atoms with Gasteiger partial charge in [0.25, 0.3) is 0 Å². The van der Waals surface area contributed by atoms with E-state index in [0.717, 1.165) is 6.42 Å². The molecule has 0 aliphatic heterocycles. The van der Waals surface area contributed by atoms with Gasteiger partial charge in [-0.2, -0.15) is 0 Å². The average molecular weight is 240 g/mol. The number of nitrogens with one attached hydrogen (secondary N) is 1. The highest BCUT2D eigenvalue weighted by Crippen LogP contribution is 2.09. The molecule has 1 aromatic heterocycles. The van der Waals surface area contributed by atoms with Crippen molar-refractivity contribution in [1.29, 1.82) is 0 Å². The van der Waals surface area contributed by atoms with E-state index in [9.17, 15) is 4.79 Å². The molecular weight excluding hydrogens is 224 g/mol. The Labute approximate surface area is 100 Å². The number of nitrogens with zero attached hydrogens (tertiary/aromatic N) is 2. The van der Waals surface area contributed by atoms with Crippen LogP contribution in [0, 0.1) is 0 Å². The van der Waals surface area contributed by atoms with Crippen molar-refractivity contribution >= 4 is 23.1 Å². The second kappa shape index (κ2) is 5.60. The Balaban J connectivity index is 2.79. The minimum atomic E-state index is -0.356. The van der Waals surface area contributed by atoms with Gasteiger partial charge in [0.15, 0.2) is 5.82 Å². The van der Waals surface area contributed by atoms with Crippen molar-refractivity contribution in [1.82, 2.24) is 14.9 Å². The molecular formula is C10H16N4OS. The summed E-state index contributed by atoms with van der Waals surface area (Å²) in [6, 6.07) is -0.356. The van der Waals surface area contributed by atoms with Crippen molar-refractivity contribution in [3.63, 3.8) is 0 Å². The summed E-state index contributed by atoms with van der Waals surface area (Å²) in [6.45, 7) is 4.46. The predicted octanol–water partition coefficient (Wildman–Crippen LogP) is 0.604. The third kappa shape index (κ3) is 2.79. The summed E-state index contributed by atoms with van der Waals surface area (Å²) in [5.41, 5.74) is 5.51.